The quantitative estimate of drug-likeness (QED) is 0.572. The average Bonchev–Trinajstić information content (AvgIpc) is 3.25. The molecule has 5 rings (SSSR count). The number of nitrogens with zero attached hydrogens (tertiary/aromatic N) is 3. The molecule has 3 fully saturated rings. The zero-order valence-corrected chi connectivity index (χ0v) is 22.8. The number of anilines is 2. The molecule has 0 radical (unpaired) electrons. The number of piperidine rings is 1. The number of nitrogens with one attached hydrogen (secondary N) is 1. The number of hydrogen-bond acceptors (Lipinski definition) is 8. The van der Waals surface area contributed by atoms with E-state index >= 15 is 0 Å². The Morgan fingerprint density at radius 1 is 1.14 bits per heavy atom. The Hall–Kier alpha value is -2.62. The predicted molar refractivity (Wildman–Crippen MR) is 139 cm³/mol. The Morgan fingerprint density at radius 3 is 2.43 bits per heavy atom. The molecule has 1 spiro atoms. The highest BCUT2D eigenvalue weighted by Gasteiger charge is 2.54. The molecule has 2 bridgehead atoms. The number of amides is 1. The van der Waals surface area contributed by atoms with Gasteiger partial charge in [-0.05, 0) is 52.3 Å². The van der Waals surface area contributed by atoms with E-state index in [1.807, 2.05) is 52.8 Å². The molecule has 1 aromatic carbocycles. The van der Waals surface area contributed by atoms with Gasteiger partial charge in [-0.3, -0.25) is 0 Å². The number of benzene rings is 1. The van der Waals surface area contributed by atoms with Gasteiger partial charge in [0.15, 0.2) is 5.79 Å². The maximum atomic E-state index is 12.9. The fraction of sp³-hybridized carbons (Fsp3) is 0.593. The Bertz CT molecular complexity index is 1150. The monoisotopic (exact) mass is 530 g/mol. The molecule has 3 heterocycles. The third kappa shape index (κ3) is 5.63. The minimum Gasteiger partial charge on any atom is -0.473 e. The summed E-state index contributed by atoms with van der Waals surface area (Å²) in [4.78, 5) is 23.6. The van der Waals surface area contributed by atoms with Crippen LogP contribution in [-0.2, 0) is 14.2 Å². The molecule has 1 amide bonds. The van der Waals surface area contributed by atoms with Crippen LogP contribution in [0.4, 0.5) is 16.3 Å². The minimum atomic E-state index is -0.606. The van der Waals surface area contributed by atoms with Gasteiger partial charge in [-0.15, -0.1) is 0 Å². The van der Waals surface area contributed by atoms with Gasteiger partial charge >= 0.3 is 6.09 Å². The Balaban J connectivity index is 1.36. The fourth-order valence-electron chi connectivity index (χ4n) is 5.53. The second-order valence-corrected chi connectivity index (χ2v) is 11.7. The number of ether oxygens (including phenoxy) is 4. The highest BCUT2D eigenvalue weighted by molar-refractivity contribution is 6.33. The molecule has 10 heteroatoms. The molecular formula is C27H35ClN4O5. The number of carbonyl (C=O) groups is 1. The highest BCUT2D eigenvalue weighted by atomic mass is 35.5. The summed E-state index contributed by atoms with van der Waals surface area (Å²) in [5.74, 6) is 0.526. The first-order valence-electron chi connectivity index (χ1n) is 12.8. The number of halogens is 1. The molecule has 2 atom stereocenters. The average molecular weight is 531 g/mol. The second kappa shape index (κ2) is 9.93. The molecule has 37 heavy (non-hydrogen) atoms. The smallest absolute Gasteiger partial charge is 0.410 e. The van der Waals surface area contributed by atoms with Crippen molar-refractivity contribution in [3.63, 3.8) is 0 Å². The summed E-state index contributed by atoms with van der Waals surface area (Å²) < 4.78 is 24.4. The lowest BCUT2D eigenvalue weighted by Crippen LogP contribution is -2.61. The number of hydrogen-bond donors (Lipinski definition) is 1. The van der Waals surface area contributed by atoms with E-state index in [0.29, 0.717) is 55.9 Å². The first-order valence-corrected chi connectivity index (χ1v) is 13.2. The third-order valence-corrected chi connectivity index (χ3v) is 7.43. The molecule has 200 valence electrons. The van der Waals surface area contributed by atoms with E-state index in [4.69, 9.17) is 30.5 Å². The SMILES string of the molecule is Cc1ccc(Nc2ncnc(OC3C4CN(C(=O)OC(C)(C)C)CC3CC3(C4)OCCO3)c2C)c(Cl)c1. The van der Waals surface area contributed by atoms with Crippen LogP contribution < -0.4 is 10.1 Å². The van der Waals surface area contributed by atoms with Crippen LogP contribution in [-0.4, -0.2) is 64.8 Å². The molecule has 2 aromatic rings. The molecule has 2 saturated heterocycles. The van der Waals surface area contributed by atoms with Gasteiger partial charge < -0.3 is 29.2 Å². The summed E-state index contributed by atoms with van der Waals surface area (Å²) in [5.41, 5.74) is 2.08. The van der Waals surface area contributed by atoms with Gasteiger partial charge in [0, 0.05) is 37.8 Å². The van der Waals surface area contributed by atoms with Crippen molar-refractivity contribution in [1.82, 2.24) is 14.9 Å². The first-order chi connectivity index (χ1) is 17.5. The standard InChI is InChI=1S/C27H35ClN4O5/c1-16-6-7-21(20(28)10-16)31-23-17(2)24(30-15-29-23)36-22-18-11-27(34-8-9-35-27)12-19(22)14-32(13-18)25(33)37-26(3,4)5/h6-7,10,15,18-19,22H,8-9,11-14H2,1-5H3,(H,29,30,31). The van der Waals surface area contributed by atoms with Gasteiger partial charge in [-0.25, -0.2) is 14.8 Å². The van der Waals surface area contributed by atoms with E-state index in [-0.39, 0.29) is 24.0 Å². The van der Waals surface area contributed by atoms with Gasteiger partial charge in [0.1, 0.15) is 23.9 Å². The number of aromatic nitrogens is 2. The largest absolute Gasteiger partial charge is 0.473 e. The van der Waals surface area contributed by atoms with Crippen molar-refractivity contribution in [3.05, 3.63) is 40.7 Å². The van der Waals surface area contributed by atoms with E-state index in [1.165, 1.54) is 6.33 Å². The lowest BCUT2D eigenvalue weighted by Gasteiger charge is -2.51. The van der Waals surface area contributed by atoms with Crippen molar-refractivity contribution in [3.8, 4) is 5.88 Å². The summed E-state index contributed by atoms with van der Waals surface area (Å²) in [7, 11) is 0. The number of carbonyl (C=O) groups excluding carboxylic acids is 1. The van der Waals surface area contributed by atoms with Crippen LogP contribution >= 0.6 is 11.6 Å². The van der Waals surface area contributed by atoms with Crippen LogP contribution in [0.25, 0.3) is 0 Å². The van der Waals surface area contributed by atoms with E-state index < -0.39 is 11.4 Å². The summed E-state index contributed by atoms with van der Waals surface area (Å²) >= 11 is 6.43. The van der Waals surface area contributed by atoms with Crippen LogP contribution in [0.2, 0.25) is 5.02 Å². The van der Waals surface area contributed by atoms with Gasteiger partial charge in [-0.1, -0.05) is 17.7 Å². The van der Waals surface area contributed by atoms with Crippen molar-refractivity contribution in [2.24, 2.45) is 11.8 Å². The molecule has 1 N–H and O–H groups in total. The maximum Gasteiger partial charge on any atom is 0.410 e. The van der Waals surface area contributed by atoms with Crippen LogP contribution in [0.3, 0.4) is 0 Å². The molecule has 1 saturated carbocycles. The van der Waals surface area contributed by atoms with Crippen molar-refractivity contribution in [2.45, 2.75) is 65.0 Å². The Morgan fingerprint density at radius 2 is 1.81 bits per heavy atom. The summed E-state index contributed by atoms with van der Waals surface area (Å²) in [5, 5.41) is 3.92. The third-order valence-electron chi connectivity index (χ3n) is 7.11. The van der Waals surface area contributed by atoms with E-state index in [0.717, 1.165) is 16.8 Å². The number of rotatable bonds is 4. The molecular weight excluding hydrogens is 496 g/mol. The topological polar surface area (TPSA) is 95.0 Å². The van der Waals surface area contributed by atoms with Gasteiger partial charge in [0.2, 0.25) is 5.88 Å². The van der Waals surface area contributed by atoms with Crippen molar-refractivity contribution in [1.29, 1.82) is 0 Å². The summed E-state index contributed by atoms with van der Waals surface area (Å²) in [6.45, 7) is 11.7. The van der Waals surface area contributed by atoms with E-state index in [1.54, 1.807) is 4.90 Å². The van der Waals surface area contributed by atoms with Crippen molar-refractivity contribution in [2.75, 3.05) is 31.6 Å². The molecule has 2 unspecified atom stereocenters. The van der Waals surface area contributed by atoms with Crippen LogP contribution in [0.1, 0.15) is 44.7 Å². The number of aryl methyl sites for hydroxylation is 1. The van der Waals surface area contributed by atoms with Gasteiger partial charge in [0.25, 0.3) is 0 Å². The molecule has 9 nitrogen and oxygen atoms in total. The zero-order chi connectivity index (χ0) is 26.4. The van der Waals surface area contributed by atoms with E-state index in [2.05, 4.69) is 15.3 Å². The lowest BCUT2D eigenvalue weighted by atomic mass is 9.72. The first kappa shape index (κ1) is 26.0. The van der Waals surface area contributed by atoms with Crippen LogP contribution in [0.15, 0.2) is 24.5 Å². The van der Waals surface area contributed by atoms with E-state index in [9.17, 15) is 4.79 Å². The van der Waals surface area contributed by atoms with Crippen LogP contribution in [0, 0.1) is 25.7 Å². The van der Waals surface area contributed by atoms with Crippen molar-refractivity contribution >= 4 is 29.2 Å². The van der Waals surface area contributed by atoms with Crippen LogP contribution in [0.5, 0.6) is 5.88 Å². The highest BCUT2D eigenvalue weighted by Crippen LogP contribution is 2.46. The summed E-state index contributed by atoms with van der Waals surface area (Å²) in [6.07, 6.45) is 2.32. The maximum absolute atomic E-state index is 12.9. The fourth-order valence-corrected chi connectivity index (χ4v) is 5.82. The number of fused-ring (bicyclic) bond motifs is 2. The summed E-state index contributed by atoms with van der Waals surface area (Å²) in [6, 6.07) is 5.82. The number of likely N-dealkylation sites (tertiary alicyclic amines) is 1. The lowest BCUT2D eigenvalue weighted by molar-refractivity contribution is -0.226. The zero-order valence-electron chi connectivity index (χ0n) is 22.0. The predicted octanol–water partition coefficient (Wildman–Crippen LogP) is 5.26. The minimum absolute atomic E-state index is 0.00423. The van der Waals surface area contributed by atoms with Gasteiger partial charge in [0.05, 0.1) is 29.5 Å². The second-order valence-electron chi connectivity index (χ2n) is 11.3. The molecule has 1 aromatic heterocycles. The Labute approximate surface area is 222 Å². The Kier molecular flexibility index (Phi) is 6.98. The molecule has 3 aliphatic rings. The molecule has 1 aliphatic carbocycles. The normalized spacial score (nSPS) is 24.7. The molecule has 2 aliphatic heterocycles. The van der Waals surface area contributed by atoms with Gasteiger partial charge in [-0.2, -0.15) is 0 Å². The van der Waals surface area contributed by atoms with Crippen molar-refractivity contribution < 1.29 is 23.7 Å².